The highest BCUT2D eigenvalue weighted by molar-refractivity contribution is 6.07. The van der Waals surface area contributed by atoms with Crippen molar-refractivity contribution in [3.8, 4) is 0 Å². The number of fused-ring (bicyclic) bond motifs is 1. The largest absolute Gasteiger partial charge is 0.480 e. The third kappa shape index (κ3) is 2.76. The van der Waals surface area contributed by atoms with Crippen LogP contribution in [0, 0.1) is 6.92 Å². The van der Waals surface area contributed by atoms with Crippen LogP contribution in [0.25, 0.3) is 11.1 Å². The molecule has 25 heavy (non-hydrogen) atoms. The lowest BCUT2D eigenvalue weighted by atomic mass is 9.89. The molecule has 3 heterocycles. The van der Waals surface area contributed by atoms with Crippen molar-refractivity contribution in [3.63, 3.8) is 0 Å². The number of aryl methyl sites for hydroxylation is 1. The summed E-state index contributed by atoms with van der Waals surface area (Å²) in [4.78, 5) is 29.2. The van der Waals surface area contributed by atoms with Crippen LogP contribution in [-0.2, 0) is 9.53 Å². The molecular formula is C17H19N3O5. The SMILES string of the molecule is Cc1noc2nc(C3CC3)cc(C(=O)NC3(C(=O)O)CCOCC3)c12. The molecular weight excluding hydrogens is 326 g/mol. The molecule has 8 heteroatoms. The average Bonchev–Trinajstić information content (AvgIpc) is 3.39. The number of ether oxygens (including phenoxy) is 1. The minimum absolute atomic E-state index is 0.237. The van der Waals surface area contributed by atoms with E-state index in [9.17, 15) is 14.7 Å². The summed E-state index contributed by atoms with van der Waals surface area (Å²) >= 11 is 0. The lowest BCUT2D eigenvalue weighted by Crippen LogP contribution is -2.57. The first-order valence-electron chi connectivity index (χ1n) is 8.41. The maximum Gasteiger partial charge on any atom is 0.329 e. The molecule has 8 nitrogen and oxygen atoms in total. The Bertz CT molecular complexity index is 849. The van der Waals surface area contributed by atoms with E-state index in [0.717, 1.165) is 18.5 Å². The highest BCUT2D eigenvalue weighted by Gasteiger charge is 2.42. The summed E-state index contributed by atoms with van der Waals surface area (Å²) in [5.74, 6) is -1.15. The van der Waals surface area contributed by atoms with E-state index in [1.807, 2.05) is 0 Å². The highest BCUT2D eigenvalue weighted by atomic mass is 16.5. The number of aliphatic carboxylic acids is 1. The van der Waals surface area contributed by atoms with Crippen LogP contribution < -0.4 is 5.32 Å². The van der Waals surface area contributed by atoms with Crippen LogP contribution in [0.1, 0.15) is 53.3 Å². The number of nitrogens with zero attached hydrogens (tertiary/aromatic N) is 2. The second kappa shape index (κ2) is 5.80. The second-order valence-corrected chi connectivity index (χ2v) is 6.77. The number of carbonyl (C=O) groups excluding carboxylic acids is 1. The molecule has 2 N–H and O–H groups in total. The van der Waals surface area contributed by atoms with E-state index in [1.165, 1.54) is 0 Å². The molecule has 1 aliphatic carbocycles. The zero-order chi connectivity index (χ0) is 17.6. The Morgan fingerprint density at radius 2 is 2.04 bits per heavy atom. The van der Waals surface area contributed by atoms with Gasteiger partial charge in [-0.15, -0.1) is 0 Å². The van der Waals surface area contributed by atoms with Gasteiger partial charge in [-0.2, -0.15) is 0 Å². The predicted octanol–water partition coefficient (Wildman–Crippen LogP) is 1.77. The fraction of sp³-hybridized carbons (Fsp3) is 0.529. The van der Waals surface area contributed by atoms with Crippen molar-refractivity contribution in [2.75, 3.05) is 13.2 Å². The first-order valence-corrected chi connectivity index (χ1v) is 8.41. The van der Waals surface area contributed by atoms with Crippen molar-refractivity contribution in [3.05, 3.63) is 23.0 Å². The van der Waals surface area contributed by atoms with Gasteiger partial charge in [-0.25, -0.2) is 9.78 Å². The first kappa shape index (κ1) is 16.0. The molecule has 1 aliphatic heterocycles. The Balaban J connectivity index is 1.73. The number of carbonyl (C=O) groups is 2. The summed E-state index contributed by atoms with van der Waals surface area (Å²) in [6.45, 7) is 2.35. The van der Waals surface area contributed by atoms with Gasteiger partial charge >= 0.3 is 5.97 Å². The third-order valence-corrected chi connectivity index (χ3v) is 4.99. The molecule has 0 aromatic carbocycles. The molecule has 2 aromatic heterocycles. The van der Waals surface area contributed by atoms with Gasteiger partial charge in [0.1, 0.15) is 5.54 Å². The quantitative estimate of drug-likeness (QED) is 0.868. The summed E-state index contributed by atoms with van der Waals surface area (Å²) in [5.41, 5.74) is 0.744. The van der Waals surface area contributed by atoms with Crippen LogP contribution in [0.15, 0.2) is 10.6 Å². The zero-order valence-electron chi connectivity index (χ0n) is 13.9. The van der Waals surface area contributed by atoms with Gasteiger partial charge in [0.2, 0.25) is 0 Å². The van der Waals surface area contributed by atoms with E-state index in [1.54, 1.807) is 13.0 Å². The molecule has 1 saturated carbocycles. The van der Waals surface area contributed by atoms with Crippen LogP contribution in [-0.4, -0.2) is 45.9 Å². The number of rotatable bonds is 4. The third-order valence-electron chi connectivity index (χ3n) is 4.99. The zero-order valence-corrected chi connectivity index (χ0v) is 13.9. The highest BCUT2D eigenvalue weighted by Crippen LogP contribution is 2.40. The van der Waals surface area contributed by atoms with Gasteiger partial charge < -0.3 is 19.7 Å². The fourth-order valence-electron chi connectivity index (χ4n) is 3.28. The van der Waals surface area contributed by atoms with Crippen LogP contribution in [0.2, 0.25) is 0 Å². The number of carboxylic acid groups (broad SMARTS) is 1. The lowest BCUT2D eigenvalue weighted by molar-refractivity contribution is -0.148. The Kier molecular flexibility index (Phi) is 3.72. The number of aromatic nitrogens is 2. The van der Waals surface area contributed by atoms with Crippen LogP contribution in [0.4, 0.5) is 0 Å². The topological polar surface area (TPSA) is 115 Å². The van der Waals surface area contributed by atoms with Gasteiger partial charge in [-0.1, -0.05) is 5.16 Å². The maximum atomic E-state index is 13.0. The summed E-state index contributed by atoms with van der Waals surface area (Å²) < 4.78 is 10.5. The fourth-order valence-corrected chi connectivity index (χ4v) is 3.28. The number of hydrogen-bond donors (Lipinski definition) is 2. The van der Waals surface area contributed by atoms with Crippen molar-refractivity contribution >= 4 is 23.0 Å². The summed E-state index contributed by atoms with van der Waals surface area (Å²) in [7, 11) is 0. The van der Waals surface area contributed by atoms with Gasteiger partial charge in [0.05, 0.1) is 16.6 Å². The number of nitrogens with one attached hydrogen (secondary N) is 1. The second-order valence-electron chi connectivity index (χ2n) is 6.77. The smallest absolute Gasteiger partial charge is 0.329 e. The normalized spacial score (nSPS) is 19.7. The number of carboxylic acids is 1. The Hall–Kier alpha value is -2.48. The predicted molar refractivity (Wildman–Crippen MR) is 86.4 cm³/mol. The Labute approximate surface area is 143 Å². The maximum absolute atomic E-state index is 13.0. The molecule has 4 rings (SSSR count). The monoisotopic (exact) mass is 345 g/mol. The molecule has 2 fully saturated rings. The van der Waals surface area contributed by atoms with Crippen molar-refractivity contribution in [2.45, 2.75) is 44.1 Å². The van der Waals surface area contributed by atoms with Gasteiger partial charge in [-0.3, -0.25) is 4.79 Å². The van der Waals surface area contributed by atoms with E-state index in [-0.39, 0.29) is 12.8 Å². The average molecular weight is 345 g/mol. The van der Waals surface area contributed by atoms with Crippen LogP contribution in [0.5, 0.6) is 0 Å². The van der Waals surface area contributed by atoms with E-state index < -0.39 is 17.4 Å². The molecule has 2 aromatic rings. The molecule has 0 unspecified atom stereocenters. The van der Waals surface area contributed by atoms with Crippen molar-refractivity contribution in [1.29, 1.82) is 0 Å². The van der Waals surface area contributed by atoms with Gasteiger partial charge in [0, 0.05) is 37.7 Å². The number of amides is 1. The van der Waals surface area contributed by atoms with Crippen LogP contribution in [0.3, 0.4) is 0 Å². The molecule has 0 radical (unpaired) electrons. The van der Waals surface area contributed by atoms with E-state index in [2.05, 4.69) is 15.5 Å². The summed E-state index contributed by atoms with van der Waals surface area (Å²) in [6, 6.07) is 1.74. The van der Waals surface area contributed by atoms with Crippen LogP contribution >= 0.6 is 0 Å². The minimum atomic E-state index is -1.31. The lowest BCUT2D eigenvalue weighted by Gasteiger charge is -2.33. The molecule has 132 valence electrons. The summed E-state index contributed by atoms with van der Waals surface area (Å²) in [6.07, 6.45) is 2.53. The van der Waals surface area contributed by atoms with E-state index >= 15 is 0 Å². The van der Waals surface area contributed by atoms with E-state index in [4.69, 9.17) is 9.26 Å². The Morgan fingerprint density at radius 1 is 1.32 bits per heavy atom. The molecule has 1 saturated heterocycles. The molecule has 0 bridgehead atoms. The van der Waals surface area contributed by atoms with Crippen molar-refractivity contribution in [1.82, 2.24) is 15.5 Å². The molecule has 0 atom stereocenters. The first-order chi connectivity index (χ1) is 12.0. The molecule has 2 aliphatic rings. The molecule has 0 spiro atoms. The number of hydrogen-bond acceptors (Lipinski definition) is 6. The van der Waals surface area contributed by atoms with Crippen molar-refractivity contribution in [2.24, 2.45) is 0 Å². The minimum Gasteiger partial charge on any atom is -0.480 e. The standard InChI is InChI=1S/C17H19N3O5/c1-9-13-11(8-12(10-2-3-10)18-15(13)25-20-9)14(21)19-17(16(22)23)4-6-24-7-5-17/h8,10H,2-7H2,1H3,(H,19,21)(H,22,23). The van der Waals surface area contributed by atoms with E-state index in [0.29, 0.717) is 41.5 Å². The Morgan fingerprint density at radius 3 is 2.68 bits per heavy atom. The molecule has 1 amide bonds. The van der Waals surface area contributed by atoms with Gasteiger partial charge in [0.15, 0.2) is 0 Å². The van der Waals surface area contributed by atoms with Gasteiger partial charge in [-0.05, 0) is 25.8 Å². The summed E-state index contributed by atoms with van der Waals surface area (Å²) in [5, 5.41) is 16.8. The van der Waals surface area contributed by atoms with Gasteiger partial charge in [0.25, 0.3) is 11.6 Å². The van der Waals surface area contributed by atoms with Crippen molar-refractivity contribution < 1.29 is 24.0 Å². The number of pyridine rings is 1.